The molecule has 1 heterocycles. The number of pyridine rings is 1. The minimum Gasteiger partial charge on any atom is -1.00 e. The maximum absolute atomic E-state index is 11.3. The number of rotatable bonds is 1. The van der Waals surface area contributed by atoms with Crippen LogP contribution in [-0.2, 0) is 7.05 Å². The van der Waals surface area contributed by atoms with Crippen LogP contribution in [0.1, 0.15) is 11.4 Å². The van der Waals surface area contributed by atoms with Gasteiger partial charge in [-0.1, -0.05) is 0 Å². The van der Waals surface area contributed by atoms with Crippen LogP contribution in [0.4, 0.5) is 4.79 Å². The Balaban J connectivity index is 0.00000225. The average molecular weight is 336 g/mol. The van der Waals surface area contributed by atoms with Gasteiger partial charge in [-0.15, -0.1) is 0 Å². The van der Waals surface area contributed by atoms with E-state index >= 15 is 0 Å². The molecule has 5 heteroatoms. The van der Waals surface area contributed by atoms with Crippen molar-refractivity contribution in [2.24, 2.45) is 7.05 Å². The van der Waals surface area contributed by atoms with Crippen LogP contribution in [0.25, 0.3) is 0 Å². The summed E-state index contributed by atoms with van der Waals surface area (Å²) in [6, 6.07) is 3.68. The van der Waals surface area contributed by atoms with E-state index in [0.717, 1.165) is 11.4 Å². The van der Waals surface area contributed by atoms with Crippen LogP contribution in [0.3, 0.4) is 0 Å². The first-order chi connectivity index (χ1) is 6.91. The van der Waals surface area contributed by atoms with Gasteiger partial charge in [0.05, 0.1) is 0 Å². The van der Waals surface area contributed by atoms with Crippen molar-refractivity contribution in [3.05, 3.63) is 23.5 Å². The van der Waals surface area contributed by atoms with Gasteiger partial charge in [0.25, 0.3) is 0 Å². The second-order valence-corrected chi connectivity index (χ2v) is 3.80. The predicted molar refractivity (Wildman–Crippen MR) is 56.8 cm³/mol. The SMILES string of the molecule is Cc1cc(OC(=O)N(C)C)cc(C)[n+]1C.[I-]. The summed E-state index contributed by atoms with van der Waals surface area (Å²) in [6.07, 6.45) is -0.359. The second-order valence-electron chi connectivity index (χ2n) is 3.80. The molecular formula is C11H17IN2O2. The monoisotopic (exact) mass is 336 g/mol. The summed E-state index contributed by atoms with van der Waals surface area (Å²) < 4.78 is 7.20. The summed E-state index contributed by atoms with van der Waals surface area (Å²) in [7, 11) is 5.29. The van der Waals surface area contributed by atoms with Gasteiger partial charge >= 0.3 is 6.09 Å². The molecule has 0 aliphatic rings. The highest BCUT2D eigenvalue weighted by Crippen LogP contribution is 2.12. The zero-order valence-electron chi connectivity index (χ0n) is 10.2. The summed E-state index contributed by atoms with van der Waals surface area (Å²) in [5.74, 6) is 0.585. The Kier molecular flexibility index (Phi) is 5.71. The lowest BCUT2D eigenvalue weighted by atomic mass is 10.3. The van der Waals surface area contributed by atoms with Crippen molar-refractivity contribution >= 4 is 6.09 Å². The van der Waals surface area contributed by atoms with Gasteiger partial charge in [-0.2, -0.15) is 0 Å². The van der Waals surface area contributed by atoms with E-state index < -0.39 is 0 Å². The Morgan fingerprint density at radius 2 is 1.69 bits per heavy atom. The van der Waals surface area contributed by atoms with Gasteiger partial charge in [-0.3, -0.25) is 0 Å². The van der Waals surface area contributed by atoms with Crippen LogP contribution >= 0.6 is 0 Å². The number of halogens is 1. The molecule has 16 heavy (non-hydrogen) atoms. The highest BCUT2D eigenvalue weighted by atomic mass is 127. The van der Waals surface area contributed by atoms with Gasteiger partial charge in [0, 0.05) is 40.1 Å². The Bertz CT molecular complexity index is 369. The number of nitrogens with zero attached hydrogens (tertiary/aromatic N) is 2. The third kappa shape index (κ3) is 3.62. The number of aromatic nitrogens is 1. The van der Waals surface area contributed by atoms with E-state index in [2.05, 4.69) is 0 Å². The topological polar surface area (TPSA) is 33.4 Å². The van der Waals surface area contributed by atoms with Crippen molar-refractivity contribution in [1.29, 1.82) is 0 Å². The third-order valence-electron chi connectivity index (χ3n) is 2.33. The molecular weight excluding hydrogens is 319 g/mol. The van der Waals surface area contributed by atoms with E-state index in [-0.39, 0.29) is 30.1 Å². The number of hydrogen-bond donors (Lipinski definition) is 0. The zero-order chi connectivity index (χ0) is 11.6. The smallest absolute Gasteiger partial charge is 0.414 e. The van der Waals surface area contributed by atoms with E-state index in [1.54, 1.807) is 14.1 Å². The average Bonchev–Trinajstić information content (AvgIpc) is 2.13. The van der Waals surface area contributed by atoms with Crippen LogP contribution in [-0.4, -0.2) is 25.1 Å². The maximum atomic E-state index is 11.3. The molecule has 0 saturated carbocycles. The van der Waals surface area contributed by atoms with Gasteiger partial charge in [-0.25, -0.2) is 9.36 Å². The lowest BCUT2D eigenvalue weighted by Crippen LogP contribution is -3.00. The van der Waals surface area contributed by atoms with Crippen molar-refractivity contribution in [2.75, 3.05) is 14.1 Å². The molecule has 0 atom stereocenters. The summed E-state index contributed by atoms with van der Waals surface area (Å²) >= 11 is 0. The van der Waals surface area contributed by atoms with Crippen molar-refractivity contribution in [1.82, 2.24) is 4.90 Å². The molecule has 1 rings (SSSR count). The van der Waals surface area contributed by atoms with E-state index in [1.165, 1.54) is 4.90 Å². The number of amides is 1. The summed E-state index contributed by atoms with van der Waals surface area (Å²) in [4.78, 5) is 12.7. The molecule has 0 radical (unpaired) electrons. The first-order valence-corrected chi connectivity index (χ1v) is 4.78. The van der Waals surface area contributed by atoms with Gasteiger partial charge in [0.15, 0.2) is 11.4 Å². The standard InChI is InChI=1S/C11H17N2O2.HI/c1-8-6-10(7-9(2)13(8)5)15-11(14)12(3)4;/h6-7H,1-5H3;1H/q+1;/p-1. The fraction of sp³-hybridized carbons (Fsp3) is 0.455. The number of carbonyl (C=O) groups is 1. The largest absolute Gasteiger partial charge is 1.00 e. The molecule has 1 amide bonds. The Hall–Kier alpha value is -0.850. The molecule has 4 nitrogen and oxygen atoms in total. The fourth-order valence-electron chi connectivity index (χ4n) is 1.18. The van der Waals surface area contributed by atoms with E-state index in [4.69, 9.17) is 4.74 Å². The van der Waals surface area contributed by atoms with Crippen molar-refractivity contribution in [2.45, 2.75) is 13.8 Å². The van der Waals surface area contributed by atoms with E-state index in [1.807, 2.05) is 37.6 Å². The summed E-state index contributed by atoms with van der Waals surface area (Å²) in [5.41, 5.74) is 2.10. The summed E-state index contributed by atoms with van der Waals surface area (Å²) in [6.45, 7) is 3.94. The van der Waals surface area contributed by atoms with Crippen LogP contribution in [0.2, 0.25) is 0 Å². The number of hydrogen-bond acceptors (Lipinski definition) is 2. The molecule has 0 spiro atoms. The molecule has 1 aromatic heterocycles. The first-order valence-electron chi connectivity index (χ1n) is 4.78. The maximum Gasteiger partial charge on any atom is 0.414 e. The van der Waals surface area contributed by atoms with Crippen molar-refractivity contribution in [3.63, 3.8) is 0 Å². The fourth-order valence-corrected chi connectivity index (χ4v) is 1.18. The normalized spacial score (nSPS) is 9.31. The molecule has 1 aromatic rings. The van der Waals surface area contributed by atoms with Gasteiger partial charge < -0.3 is 33.6 Å². The van der Waals surface area contributed by atoms with Gasteiger partial charge in [0.2, 0.25) is 0 Å². The number of aryl methyl sites for hydroxylation is 2. The lowest BCUT2D eigenvalue weighted by molar-refractivity contribution is -0.683. The van der Waals surface area contributed by atoms with Gasteiger partial charge in [-0.05, 0) is 0 Å². The number of ether oxygens (including phenoxy) is 1. The molecule has 0 aromatic carbocycles. The Morgan fingerprint density at radius 3 is 2.06 bits per heavy atom. The molecule has 0 saturated heterocycles. The predicted octanol–water partition coefficient (Wildman–Crippen LogP) is -1.81. The lowest BCUT2D eigenvalue weighted by Gasteiger charge is -2.10. The molecule has 0 unspecified atom stereocenters. The second kappa shape index (κ2) is 6.03. The van der Waals surface area contributed by atoms with Crippen LogP contribution in [0.15, 0.2) is 12.1 Å². The molecule has 0 N–H and O–H groups in total. The van der Waals surface area contributed by atoms with Crippen molar-refractivity contribution < 1.29 is 38.1 Å². The summed E-state index contributed by atoms with van der Waals surface area (Å²) in [5, 5.41) is 0. The number of carbonyl (C=O) groups excluding carboxylic acids is 1. The molecule has 90 valence electrons. The molecule has 0 bridgehead atoms. The Labute approximate surface area is 113 Å². The van der Waals surface area contributed by atoms with Crippen LogP contribution < -0.4 is 33.3 Å². The molecule has 0 fully saturated rings. The van der Waals surface area contributed by atoms with E-state index in [0.29, 0.717) is 5.75 Å². The highest BCUT2D eigenvalue weighted by molar-refractivity contribution is 5.69. The zero-order valence-corrected chi connectivity index (χ0v) is 12.4. The Morgan fingerprint density at radius 1 is 1.25 bits per heavy atom. The van der Waals surface area contributed by atoms with E-state index in [9.17, 15) is 4.79 Å². The van der Waals surface area contributed by atoms with Gasteiger partial charge in [0.1, 0.15) is 12.8 Å². The first kappa shape index (κ1) is 15.2. The minimum atomic E-state index is -0.359. The molecule has 0 aliphatic heterocycles. The van der Waals surface area contributed by atoms with Crippen LogP contribution in [0.5, 0.6) is 5.75 Å². The van der Waals surface area contributed by atoms with Crippen molar-refractivity contribution in [3.8, 4) is 5.75 Å². The minimum absolute atomic E-state index is 0. The highest BCUT2D eigenvalue weighted by Gasteiger charge is 2.12. The quantitative estimate of drug-likeness (QED) is 0.448. The molecule has 0 aliphatic carbocycles. The van der Waals surface area contributed by atoms with Crippen LogP contribution in [0, 0.1) is 13.8 Å². The third-order valence-corrected chi connectivity index (χ3v) is 2.33.